The molecule has 0 bridgehead atoms. The Morgan fingerprint density at radius 3 is 2.48 bits per heavy atom. The molecule has 3 aromatic rings. The fraction of sp³-hybridized carbons (Fsp3) is 0.0625. The first-order chi connectivity index (χ1) is 10.0. The maximum absolute atomic E-state index is 12.1. The van der Waals surface area contributed by atoms with E-state index >= 15 is 0 Å². The van der Waals surface area contributed by atoms with E-state index in [1.807, 2.05) is 49.4 Å². The zero-order chi connectivity index (χ0) is 15.0. The Hall–Kier alpha value is -1.04. The molecule has 0 radical (unpaired) electrons. The highest BCUT2D eigenvalue weighted by atomic mass is 79.9. The summed E-state index contributed by atoms with van der Waals surface area (Å²) in [5, 5.41) is 0.880. The molecular formula is C16H10Br2O2S. The summed E-state index contributed by atoms with van der Waals surface area (Å²) in [5.74, 6) is 0. The molecule has 2 aromatic carbocycles. The van der Waals surface area contributed by atoms with Crippen LogP contribution < -0.4 is 5.63 Å². The van der Waals surface area contributed by atoms with Crippen molar-refractivity contribution in [3.63, 3.8) is 0 Å². The molecule has 0 amide bonds. The Morgan fingerprint density at radius 1 is 1.05 bits per heavy atom. The van der Waals surface area contributed by atoms with Gasteiger partial charge in [-0.15, -0.1) is 0 Å². The van der Waals surface area contributed by atoms with Crippen LogP contribution in [0.4, 0.5) is 0 Å². The van der Waals surface area contributed by atoms with Crippen molar-refractivity contribution in [1.29, 1.82) is 0 Å². The highest BCUT2D eigenvalue weighted by molar-refractivity contribution is 9.11. The number of rotatable bonds is 2. The zero-order valence-electron chi connectivity index (χ0n) is 11.0. The van der Waals surface area contributed by atoms with Gasteiger partial charge in [0, 0.05) is 14.8 Å². The molecule has 21 heavy (non-hydrogen) atoms. The lowest BCUT2D eigenvalue weighted by Gasteiger charge is -2.05. The summed E-state index contributed by atoms with van der Waals surface area (Å²) in [6, 6.07) is 13.7. The average Bonchev–Trinajstić information content (AvgIpc) is 2.43. The second-order valence-electron chi connectivity index (χ2n) is 4.62. The topological polar surface area (TPSA) is 30.2 Å². The van der Waals surface area contributed by atoms with Gasteiger partial charge < -0.3 is 4.42 Å². The smallest absolute Gasteiger partial charge is 0.350 e. The van der Waals surface area contributed by atoms with E-state index in [1.165, 1.54) is 17.3 Å². The van der Waals surface area contributed by atoms with Gasteiger partial charge in [0.2, 0.25) is 0 Å². The molecule has 0 saturated carbocycles. The van der Waals surface area contributed by atoms with Gasteiger partial charge in [-0.2, -0.15) is 0 Å². The van der Waals surface area contributed by atoms with Gasteiger partial charge in [0.05, 0.1) is 9.37 Å². The molecule has 0 N–H and O–H groups in total. The van der Waals surface area contributed by atoms with Crippen molar-refractivity contribution in [2.45, 2.75) is 16.7 Å². The van der Waals surface area contributed by atoms with Crippen LogP contribution in [0.2, 0.25) is 0 Å². The van der Waals surface area contributed by atoms with Gasteiger partial charge in [-0.05, 0) is 53.2 Å². The van der Waals surface area contributed by atoms with E-state index in [-0.39, 0.29) is 5.63 Å². The molecular weight excluding hydrogens is 416 g/mol. The summed E-state index contributed by atoms with van der Waals surface area (Å²) in [4.78, 5) is 13.7. The normalized spacial score (nSPS) is 11.0. The lowest BCUT2D eigenvalue weighted by molar-refractivity contribution is 0.542. The molecule has 2 nitrogen and oxygen atoms in total. The quantitative estimate of drug-likeness (QED) is 0.487. The standard InChI is InChI=1S/C16H10Br2O2S/c1-9-2-4-12(5-3-9)21-14-7-10-6-11(17)8-13(18)15(10)20-16(14)19/h2-8H,1H3. The Balaban J connectivity index is 2.08. The third-order valence-corrected chi connectivity index (χ3v) is 5.03. The van der Waals surface area contributed by atoms with Crippen LogP contribution >= 0.6 is 43.6 Å². The Morgan fingerprint density at radius 2 is 1.76 bits per heavy atom. The SMILES string of the molecule is Cc1ccc(Sc2cc3cc(Br)cc(Br)c3oc2=O)cc1. The number of hydrogen-bond donors (Lipinski definition) is 0. The Labute approximate surface area is 142 Å². The van der Waals surface area contributed by atoms with E-state index < -0.39 is 0 Å². The Kier molecular flexibility index (Phi) is 4.24. The third kappa shape index (κ3) is 3.25. The summed E-state index contributed by atoms with van der Waals surface area (Å²) >= 11 is 8.27. The molecule has 106 valence electrons. The predicted octanol–water partition coefficient (Wildman–Crippen LogP) is 5.78. The number of benzene rings is 2. The second-order valence-corrected chi connectivity index (χ2v) is 7.50. The third-order valence-electron chi connectivity index (χ3n) is 2.97. The van der Waals surface area contributed by atoms with Crippen molar-refractivity contribution in [3.05, 3.63) is 67.4 Å². The summed E-state index contributed by atoms with van der Waals surface area (Å²) in [6.45, 7) is 2.04. The van der Waals surface area contributed by atoms with E-state index in [9.17, 15) is 4.79 Å². The molecule has 0 unspecified atom stereocenters. The van der Waals surface area contributed by atoms with Crippen LogP contribution in [0.25, 0.3) is 11.0 Å². The van der Waals surface area contributed by atoms with E-state index in [2.05, 4.69) is 31.9 Å². The van der Waals surface area contributed by atoms with Gasteiger partial charge in [-0.3, -0.25) is 0 Å². The maximum Gasteiger partial charge on any atom is 0.350 e. The minimum absolute atomic E-state index is 0.323. The van der Waals surface area contributed by atoms with E-state index in [1.54, 1.807) is 0 Å². The van der Waals surface area contributed by atoms with Crippen molar-refractivity contribution in [2.24, 2.45) is 0 Å². The highest BCUT2D eigenvalue weighted by Gasteiger charge is 2.10. The van der Waals surface area contributed by atoms with E-state index in [4.69, 9.17) is 4.42 Å². The average molecular weight is 426 g/mol. The second kappa shape index (κ2) is 5.99. The number of fused-ring (bicyclic) bond motifs is 1. The first-order valence-electron chi connectivity index (χ1n) is 6.20. The van der Waals surface area contributed by atoms with Gasteiger partial charge >= 0.3 is 5.63 Å². The molecule has 0 atom stereocenters. The lowest BCUT2D eigenvalue weighted by Crippen LogP contribution is -2.01. The minimum Gasteiger partial charge on any atom is -0.421 e. The van der Waals surface area contributed by atoms with Crippen molar-refractivity contribution >= 4 is 54.6 Å². The van der Waals surface area contributed by atoms with Crippen LogP contribution in [-0.4, -0.2) is 0 Å². The van der Waals surface area contributed by atoms with Crippen LogP contribution in [-0.2, 0) is 0 Å². The van der Waals surface area contributed by atoms with Crippen LogP contribution in [0.3, 0.4) is 0 Å². The fourth-order valence-corrected chi connectivity index (χ4v) is 4.12. The number of halogens is 2. The predicted molar refractivity (Wildman–Crippen MR) is 93.2 cm³/mol. The van der Waals surface area contributed by atoms with Gasteiger partial charge in [0.1, 0.15) is 0 Å². The number of hydrogen-bond acceptors (Lipinski definition) is 3. The lowest BCUT2D eigenvalue weighted by atomic mass is 10.2. The Bertz CT molecular complexity index is 870. The molecule has 1 aromatic heterocycles. The highest BCUT2D eigenvalue weighted by Crippen LogP contribution is 2.32. The van der Waals surface area contributed by atoms with Gasteiger partial charge in [0.15, 0.2) is 5.58 Å². The molecule has 0 aliphatic carbocycles. The van der Waals surface area contributed by atoms with Crippen LogP contribution in [0.1, 0.15) is 5.56 Å². The largest absolute Gasteiger partial charge is 0.421 e. The summed E-state index contributed by atoms with van der Waals surface area (Å²) < 4.78 is 7.12. The van der Waals surface area contributed by atoms with Crippen molar-refractivity contribution in [2.75, 3.05) is 0 Å². The van der Waals surface area contributed by atoms with Crippen molar-refractivity contribution < 1.29 is 4.42 Å². The molecule has 5 heteroatoms. The molecule has 0 spiro atoms. The van der Waals surface area contributed by atoms with Gasteiger partial charge in [-0.25, -0.2) is 4.79 Å². The molecule has 0 aliphatic heterocycles. The monoisotopic (exact) mass is 424 g/mol. The molecule has 1 heterocycles. The van der Waals surface area contributed by atoms with Gasteiger partial charge in [0.25, 0.3) is 0 Å². The van der Waals surface area contributed by atoms with E-state index in [0.29, 0.717) is 10.5 Å². The molecule has 0 saturated heterocycles. The molecule has 0 fully saturated rings. The minimum atomic E-state index is -0.323. The van der Waals surface area contributed by atoms with Crippen LogP contribution in [0.15, 0.2) is 70.4 Å². The van der Waals surface area contributed by atoms with Crippen LogP contribution in [0.5, 0.6) is 0 Å². The van der Waals surface area contributed by atoms with Crippen LogP contribution in [0, 0.1) is 6.92 Å². The maximum atomic E-state index is 12.1. The van der Waals surface area contributed by atoms with Gasteiger partial charge in [-0.1, -0.05) is 45.4 Å². The summed E-state index contributed by atoms with van der Waals surface area (Å²) in [7, 11) is 0. The number of aryl methyl sites for hydroxylation is 1. The van der Waals surface area contributed by atoms with Crippen molar-refractivity contribution in [1.82, 2.24) is 0 Å². The zero-order valence-corrected chi connectivity index (χ0v) is 15.0. The van der Waals surface area contributed by atoms with E-state index in [0.717, 1.165) is 19.2 Å². The fourth-order valence-electron chi connectivity index (χ4n) is 1.94. The first kappa shape index (κ1) is 14.9. The summed E-state index contributed by atoms with van der Waals surface area (Å²) in [6.07, 6.45) is 0. The summed E-state index contributed by atoms with van der Waals surface area (Å²) in [5.41, 5.74) is 1.44. The first-order valence-corrected chi connectivity index (χ1v) is 8.60. The van der Waals surface area contributed by atoms with Crippen molar-refractivity contribution in [3.8, 4) is 0 Å². The molecule has 3 rings (SSSR count). The molecule has 0 aliphatic rings.